The summed E-state index contributed by atoms with van der Waals surface area (Å²) in [5, 5.41) is 9.50. The largest absolute Gasteiger partial charge is 0.454 e. The number of halogens is 2. The Labute approximate surface area is 113 Å². The van der Waals surface area contributed by atoms with Crippen LogP contribution in [0, 0.1) is 5.82 Å². The summed E-state index contributed by atoms with van der Waals surface area (Å²) in [6, 6.07) is 11.4. The lowest BCUT2D eigenvalue weighted by molar-refractivity contribution is 0.198. The maximum absolute atomic E-state index is 13.4. The molecule has 2 aromatic carbocycles. The minimum atomic E-state index is -0.568. The smallest absolute Gasteiger partial charge is 0.165 e. The molecule has 0 bridgehead atoms. The number of benzene rings is 2. The van der Waals surface area contributed by atoms with Gasteiger partial charge in [0, 0.05) is 4.47 Å². The third-order valence-electron chi connectivity index (χ3n) is 2.49. The quantitative estimate of drug-likeness (QED) is 0.908. The maximum Gasteiger partial charge on any atom is 0.165 e. The Morgan fingerprint density at radius 3 is 2.56 bits per heavy atom. The van der Waals surface area contributed by atoms with E-state index in [9.17, 15) is 9.50 Å². The lowest BCUT2D eigenvalue weighted by atomic mass is 10.1. The average molecular weight is 311 g/mol. The van der Waals surface area contributed by atoms with Crippen LogP contribution < -0.4 is 4.74 Å². The van der Waals surface area contributed by atoms with Crippen LogP contribution in [-0.2, 0) is 0 Å². The average Bonchev–Trinajstić information content (AvgIpc) is 2.32. The van der Waals surface area contributed by atoms with Crippen LogP contribution in [0.4, 0.5) is 4.39 Å². The van der Waals surface area contributed by atoms with E-state index in [1.165, 1.54) is 6.07 Å². The van der Waals surface area contributed by atoms with Crippen LogP contribution >= 0.6 is 15.9 Å². The van der Waals surface area contributed by atoms with Gasteiger partial charge in [-0.1, -0.05) is 34.1 Å². The Kier molecular flexibility index (Phi) is 3.99. The van der Waals surface area contributed by atoms with E-state index in [2.05, 4.69) is 15.9 Å². The SMILES string of the molecule is C[C@H](O)c1ccc(Oc2ccccc2F)cc1Br. The topological polar surface area (TPSA) is 29.5 Å². The van der Waals surface area contributed by atoms with Crippen LogP contribution in [0.2, 0.25) is 0 Å². The Bertz CT molecular complexity index is 555. The number of rotatable bonds is 3. The van der Waals surface area contributed by atoms with Gasteiger partial charge >= 0.3 is 0 Å². The zero-order chi connectivity index (χ0) is 13.1. The van der Waals surface area contributed by atoms with E-state index in [4.69, 9.17) is 4.74 Å². The number of hydrogen-bond acceptors (Lipinski definition) is 2. The predicted molar refractivity (Wildman–Crippen MR) is 71.2 cm³/mol. The first kappa shape index (κ1) is 13.1. The molecule has 0 aromatic heterocycles. The number of para-hydroxylation sites is 1. The van der Waals surface area contributed by atoms with Crippen molar-refractivity contribution in [3.8, 4) is 11.5 Å². The van der Waals surface area contributed by atoms with E-state index in [0.29, 0.717) is 5.75 Å². The minimum absolute atomic E-state index is 0.175. The normalized spacial score (nSPS) is 12.2. The van der Waals surface area contributed by atoms with Gasteiger partial charge in [-0.25, -0.2) is 4.39 Å². The van der Waals surface area contributed by atoms with E-state index in [1.54, 1.807) is 43.3 Å². The van der Waals surface area contributed by atoms with Crippen molar-refractivity contribution in [2.24, 2.45) is 0 Å². The number of ether oxygens (including phenoxy) is 1. The van der Waals surface area contributed by atoms with Gasteiger partial charge in [-0.05, 0) is 36.8 Å². The first-order valence-corrected chi connectivity index (χ1v) is 6.27. The summed E-state index contributed by atoms with van der Waals surface area (Å²) < 4.78 is 19.6. The minimum Gasteiger partial charge on any atom is -0.454 e. The molecule has 0 aliphatic rings. The molecule has 0 spiro atoms. The first-order valence-electron chi connectivity index (χ1n) is 5.48. The third kappa shape index (κ3) is 2.89. The fourth-order valence-electron chi connectivity index (χ4n) is 1.56. The highest BCUT2D eigenvalue weighted by atomic mass is 79.9. The van der Waals surface area contributed by atoms with E-state index in [1.807, 2.05) is 0 Å². The summed E-state index contributed by atoms with van der Waals surface area (Å²) >= 11 is 3.35. The molecule has 94 valence electrons. The van der Waals surface area contributed by atoms with Crippen molar-refractivity contribution in [2.75, 3.05) is 0 Å². The molecule has 0 aliphatic heterocycles. The maximum atomic E-state index is 13.4. The fraction of sp³-hybridized carbons (Fsp3) is 0.143. The standard InChI is InChI=1S/C14H12BrFO2/c1-9(17)11-7-6-10(8-12(11)15)18-14-5-3-2-4-13(14)16/h2-9,17H,1H3/t9-/m0/s1. The lowest BCUT2D eigenvalue weighted by Crippen LogP contribution is -1.94. The molecule has 4 heteroatoms. The highest BCUT2D eigenvalue weighted by Gasteiger charge is 2.09. The van der Waals surface area contributed by atoms with E-state index in [-0.39, 0.29) is 5.75 Å². The van der Waals surface area contributed by atoms with Gasteiger partial charge in [-0.15, -0.1) is 0 Å². The van der Waals surface area contributed by atoms with Gasteiger partial charge in [0.05, 0.1) is 6.10 Å². The van der Waals surface area contributed by atoms with Crippen LogP contribution in [0.1, 0.15) is 18.6 Å². The van der Waals surface area contributed by atoms with Crippen molar-refractivity contribution in [1.82, 2.24) is 0 Å². The Hall–Kier alpha value is -1.39. The molecule has 0 fully saturated rings. The van der Waals surface area contributed by atoms with Gasteiger partial charge in [0.25, 0.3) is 0 Å². The summed E-state index contributed by atoms with van der Waals surface area (Å²) in [6.45, 7) is 1.68. The Balaban J connectivity index is 2.26. The van der Waals surface area contributed by atoms with Crippen molar-refractivity contribution in [2.45, 2.75) is 13.0 Å². The van der Waals surface area contributed by atoms with Crippen LogP contribution in [0.15, 0.2) is 46.9 Å². The van der Waals surface area contributed by atoms with Gasteiger partial charge in [-0.2, -0.15) is 0 Å². The number of aliphatic hydroxyl groups excluding tert-OH is 1. The lowest BCUT2D eigenvalue weighted by Gasteiger charge is -2.11. The molecular weight excluding hydrogens is 299 g/mol. The van der Waals surface area contributed by atoms with E-state index in [0.717, 1.165) is 10.0 Å². The molecule has 0 heterocycles. The number of hydrogen-bond donors (Lipinski definition) is 1. The molecule has 2 aromatic rings. The molecule has 2 nitrogen and oxygen atoms in total. The summed E-state index contributed by atoms with van der Waals surface area (Å²) in [5.74, 6) is 0.277. The Morgan fingerprint density at radius 1 is 1.22 bits per heavy atom. The molecule has 0 radical (unpaired) electrons. The van der Waals surface area contributed by atoms with E-state index >= 15 is 0 Å². The second-order valence-electron chi connectivity index (χ2n) is 3.89. The monoisotopic (exact) mass is 310 g/mol. The van der Waals surface area contributed by atoms with Crippen molar-refractivity contribution in [3.63, 3.8) is 0 Å². The van der Waals surface area contributed by atoms with Crippen molar-refractivity contribution < 1.29 is 14.2 Å². The van der Waals surface area contributed by atoms with Gasteiger partial charge in [0.15, 0.2) is 11.6 Å². The number of aliphatic hydroxyl groups is 1. The zero-order valence-corrected chi connectivity index (χ0v) is 11.3. The third-order valence-corrected chi connectivity index (χ3v) is 3.17. The fourth-order valence-corrected chi connectivity index (χ4v) is 2.25. The van der Waals surface area contributed by atoms with Crippen LogP contribution in [0.5, 0.6) is 11.5 Å². The molecule has 0 saturated heterocycles. The van der Waals surface area contributed by atoms with Crippen molar-refractivity contribution in [3.05, 3.63) is 58.3 Å². The van der Waals surface area contributed by atoms with Gasteiger partial charge in [0.1, 0.15) is 5.75 Å². The highest BCUT2D eigenvalue weighted by molar-refractivity contribution is 9.10. The molecule has 18 heavy (non-hydrogen) atoms. The molecule has 1 N–H and O–H groups in total. The first-order chi connectivity index (χ1) is 8.58. The van der Waals surface area contributed by atoms with Crippen LogP contribution in [0.3, 0.4) is 0 Å². The summed E-state index contributed by atoms with van der Waals surface area (Å²) in [5.41, 5.74) is 0.760. The van der Waals surface area contributed by atoms with Crippen LogP contribution in [-0.4, -0.2) is 5.11 Å². The molecule has 0 aliphatic carbocycles. The Morgan fingerprint density at radius 2 is 1.94 bits per heavy atom. The summed E-state index contributed by atoms with van der Waals surface area (Å²) in [7, 11) is 0. The molecular formula is C14H12BrFO2. The molecule has 0 amide bonds. The molecule has 0 saturated carbocycles. The molecule has 1 atom stereocenters. The highest BCUT2D eigenvalue weighted by Crippen LogP contribution is 2.30. The second-order valence-corrected chi connectivity index (χ2v) is 4.75. The zero-order valence-electron chi connectivity index (χ0n) is 9.73. The molecule has 2 rings (SSSR count). The van der Waals surface area contributed by atoms with Gasteiger partial charge in [-0.3, -0.25) is 0 Å². The van der Waals surface area contributed by atoms with Gasteiger partial charge < -0.3 is 9.84 Å². The van der Waals surface area contributed by atoms with Gasteiger partial charge in [0.2, 0.25) is 0 Å². The summed E-state index contributed by atoms with van der Waals surface area (Å²) in [6.07, 6.45) is -0.568. The molecule has 0 unspecified atom stereocenters. The summed E-state index contributed by atoms with van der Waals surface area (Å²) in [4.78, 5) is 0. The van der Waals surface area contributed by atoms with Crippen molar-refractivity contribution >= 4 is 15.9 Å². The van der Waals surface area contributed by atoms with E-state index < -0.39 is 11.9 Å². The predicted octanol–water partition coefficient (Wildman–Crippen LogP) is 4.43. The van der Waals surface area contributed by atoms with Crippen molar-refractivity contribution in [1.29, 1.82) is 0 Å². The van der Waals surface area contributed by atoms with Crippen LogP contribution in [0.25, 0.3) is 0 Å². The second kappa shape index (κ2) is 5.50.